The summed E-state index contributed by atoms with van der Waals surface area (Å²) >= 11 is 6.43. The molecule has 6 nitrogen and oxygen atoms in total. The molecule has 3 N–H and O–H groups in total. The summed E-state index contributed by atoms with van der Waals surface area (Å²) in [5, 5.41) is 13.8. The molecular formula is C26H23ClN4O2. The highest BCUT2D eigenvalue weighted by Gasteiger charge is 2.61. The number of nitriles is 1. The van der Waals surface area contributed by atoms with Gasteiger partial charge in [0.1, 0.15) is 17.3 Å². The quantitative estimate of drug-likeness (QED) is 0.645. The van der Waals surface area contributed by atoms with Crippen LogP contribution in [-0.4, -0.2) is 11.7 Å². The van der Waals surface area contributed by atoms with Gasteiger partial charge in [-0.1, -0.05) is 49.7 Å². The number of ketones is 1. The minimum atomic E-state index is -1.57. The van der Waals surface area contributed by atoms with E-state index in [9.17, 15) is 14.9 Å². The largest absolute Gasteiger partial charge is 0.384 e. The second kappa shape index (κ2) is 6.97. The van der Waals surface area contributed by atoms with Crippen LogP contribution in [0.4, 0.5) is 11.4 Å². The van der Waals surface area contributed by atoms with Crippen LogP contribution in [-0.2, 0) is 15.0 Å². The second-order valence-corrected chi connectivity index (χ2v) is 10.0. The number of hydrogen-bond donors (Lipinski definition) is 2. The van der Waals surface area contributed by atoms with Crippen LogP contribution in [0.15, 0.2) is 65.1 Å². The van der Waals surface area contributed by atoms with Crippen molar-refractivity contribution >= 4 is 34.7 Å². The molecule has 0 saturated heterocycles. The summed E-state index contributed by atoms with van der Waals surface area (Å²) in [6.07, 6.45) is 0.778. The van der Waals surface area contributed by atoms with Gasteiger partial charge in [0, 0.05) is 34.0 Å². The van der Waals surface area contributed by atoms with E-state index in [2.05, 4.69) is 11.4 Å². The number of nitrogens with zero attached hydrogens (tertiary/aromatic N) is 2. The molecular weight excluding hydrogens is 436 g/mol. The number of hydrogen-bond acceptors (Lipinski definition) is 5. The number of nitrogens with one attached hydrogen (secondary N) is 1. The lowest BCUT2D eigenvalue weighted by Gasteiger charge is -2.47. The summed E-state index contributed by atoms with van der Waals surface area (Å²) in [4.78, 5) is 29.2. The maximum atomic E-state index is 13.8. The molecule has 1 spiro atoms. The van der Waals surface area contributed by atoms with Gasteiger partial charge >= 0.3 is 0 Å². The van der Waals surface area contributed by atoms with Gasteiger partial charge in [-0.3, -0.25) is 14.5 Å². The van der Waals surface area contributed by atoms with Crippen LogP contribution in [0.1, 0.15) is 37.8 Å². The number of nitrogens with two attached hydrogens (primary N) is 1. The van der Waals surface area contributed by atoms with Gasteiger partial charge in [0.05, 0.1) is 11.3 Å². The average molecular weight is 459 g/mol. The molecule has 0 saturated carbocycles. The van der Waals surface area contributed by atoms with Crippen molar-refractivity contribution in [3.63, 3.8) is 0 Å². The summed E-state index contributed by atoms with van der Waals surface area (Å²) in [6, 6.07) is 14.8. The fraction of sp³-hybridized carbons (Fsp3) is 0.269. The molecule has 0 radical (unpaired) electrons. The third-order valence-electron chi connectivity index (χ3n) is 6.88. The number of rotatable bonds is 1. The SMILES string of the molecule is Cc1c(Cl)cccc1N1C(N)=C(C#N)C2(C(=O)Nc3ccccc32)C2=C1CC(C)(C)CC2=O. The van der Waals surface area contributed by atoms with Crippen LogP contribution in [0.2, 0.25) is 5.02 Å². The van der Waals surface area contributed by atoms with E-state index >= 15 is 0 Å². The molecule has 1 unspecified atom stereocenters. The number of amides is 1. The first-order chi connectivity index (χ1) is 15.6. The van der Waals surface area contributed by atoms with Gasteiger partial charge in [-0.05, 0) is 42.5 Å². The van der Waals surface area contributed by atoms with E-state index in [0.717, 1.165) is 5.56 Å². The smallest absolute Gasteiger partial charge is 0.245 e. The molecule has 7 heteroatoms. The van der Waals surface area contributed by atoms with Crippen LogP contribution >= 0.6 is 11.6 Å². The molecule has 3 aliphatic rings. The van der Waals surface area contributed by atoms with Crippen LogP contribution in [0.25, 0.3) is 0 Å². The number of halogens is 1. The lowest BCUT2D eigenvalue weighted by molar-refractivity contribution is -0.123. The van der Waals surface area contributed by atoms with E-state index in [4.69, 9.17) is 17.3 Å². The predicted molar refractivity (Wildman–Crippen MR) is 127 cm³/mol. The van der Waals surface area contributed by atoms with Gasteiger partial charge in [-0.25, -0.2) is 0 Å². The highest BCUT2D eigenvalue weighted by atomic mass is 35.5. The Kier molecular flexibility index (Phi) is 4.50. The van der Waals surface area contributed by atoms with Gasteiger partial charge in [-0.15, -0.1) is 0 Å². The Balaban J connectivity index is 1.92. The van der Waals surface area contributed by atoms with Crippen LogP contribution in [0, 0.1) is 23.7 Å². The Bertz CT molecular complexity index is 1360. The number of carbonyl (C=O) groups excluding carboxylic acids is 2. The monoisotopic (exact) mass is 458 g/mol. The number of carbonyl (C=O) groups is 2. The van der Waals surface area contributed by atoms with Crippen LogP contribution < -0.4 is 16.0 Å². The van der Waals surface area contributed by atoms with E-state index in [1.54, 1.807) is 29.2 Å². The zero-order valence-corrected chi connectivity index (χ0v) is 19.4. The third kappa shape index (κ3) is 2.72. The first-order valence-corrected chi connectivity index (χ1v) is 11.1. The van der Waals surface area contributed by atoms with Crippen molar-refractivity contribution in [3.05, 3.63) is 81.3 Å². The summed E-state index contributed by atoms with van der Waals surface area (Å²) in [6.45, 7) is 5.91. The van der Waals surface area contributed by atoms with Crippen molar-refractivity contribution in [1.82, 2.24) is 0 Å². The second-order valence-electron chi connectivity index (χ2n) is 9.60. The zero-order chi connectivity index (χ0) is 23.7. The third-order valence-corrected chi connectivity index (χ3v) is 7.29. The minimum Gasteiger partial charge on any atom is -0.384 e. The number of anilines is 2. The standard InChI is InChI=1S/C26H23ClN4O2/c1-14-17(27)8-6-10-19(14)31-20-11-25(2,3)12-21(32)22(20)26(16(13-28)23(31)29)15-7-4-5-9-18(15)30-24(26)33/h4-10H,11-12,29H2,1-3H3,(H,30,33). The highest BCUT2D eigenvalue weighted by Crippen LogP contribution is 2.57. The van der Waals surface area contributed by atoms with E-state index in [-0.39, 0.29) is 29.0 Å². The van der Waals surface area contributed by atoms with Gasteiger partial charge in [0.15, 0.2) is 5.78 Å². The molecule has 1 atom stereocenters. The first-order valence-electron chi connectivity index (χ1n) is 10.8. The Morgan fingerprint density at radius 1 is 1.12 bits per heavy atom. The molecule has 5 rings (SSSR count). The molecule has 0 fully saturated rings. The molecule has 0 bridgehead atoms. The van der Waals surface area contributed by atoms with Crippen molar-refractivity contribution in [1.29, 1.82) is 5.26 Å². The number of Topliss-reactive ketones (excluding diaryl/α,β-unsaturated/α-hetero) is 1. The normalized spacial score (nSPS) is 23.4. The molecule has 33 heavy (non-hydrogen) atoms. The lowest BCUT2D eigenvalue weighted by Crippen LogP contribution is -2.52. The molecule has 0 aromatic heterocycles. The van der Waals surface area contributed by atoms with Crippen LogP contribution in [0.3, 0.4) is 0 Å². The maximum absolute atomic E-state index is 13.8. The van der Waals surface area contributed by atoms with E-state index in [0.29, 0.717) is 39.7 Å². The molecule has 2 aromatic carbocycles. The molecule has 166 valence electrons. The highest BCUT2D eigenvalue weighted by molar-refractivity contribution is 6.31. The van der Waals surface area contributed by atoms with Crippen LogP contribution in [0.5, 0.6) is 0 Å². The molecule has 1 aliphatic carbocycles. The summed E-state index contributed by atoms with van der Waals surface area (Å²) in [5.74, 6) is -0.441. The fourth-order valence-electron chi connectivity index (χ4n) is 5.49. The summed E-state index contributed by atoms with van der Waals surface area (Å²) < 4.78 is 0. The molecule has 1 amide bonds. The Morgan fingerprint density at radius 2 is 1.85 bits per heavy atom. The first kappa shape index (κ1) is 21.3. The van der Waals surface area contributed by atoms with Gasteiger partial charge in [0.2, 0.25) is 5.91 Å². The Morgan fingerprint density at radius 3 is 2.58 bits per heavy atom. The van der Waals surface area contributed by atoms with Crippen molar-refractivity contribution < 1.29 is 9.59 Å². The summed E-state index contributed by atoms with van der Waals surface area (Å²) in [7, 11) is 0. The van der Waals surface area contributed by atoms with E-state index < -0.39 is 11.3 Å². The Labute approximate surface area is 197 Å². The van der Waals surface area contributed by atoms with Crippen molar-refractivity contribution in [3.8, 4) is 6.07 Å². The molecule has 2 heterocycles. The fourth-order valence-corrected chi connectivity index (χ4v) is 5.66. The minimum absolute atomic E-state index is 0.0520. The van der Waals surface area contributed by atoms with Gasteiger partial charge < -0.3 is 11.1 Å². The molecule has 2 aromatic rings. The predicted octanol–water partition coefficient (Wildman–Crippen LogP) is 4.70. The topological polar surface area (TPSA) is 99.2 Å². The molecule has 2 aliphatic heterocycles. The number of allylic oxidation sites excluding steroid dienone is 1. The van der Waals surface area contributed by atoms with Gasteiger partial charge in [0.25, 0.3) is 0 Å². The van der Waals surface area contributed by atoms with Crippen molar-refractivity contribution in [2.45, 2.75) is 39.0 Å². The van der Waals surface area contributed by atoms with Crippen molar-refractivity contribution in [2.24, 2.45) is 11.1 Å². The van der Waals surface area contributed by atoms with Crippen molar-refractivity contribution in [2.75, 3.05) is 10.2 Å². The number of benzene rings is 2. The number of para-hydroxylation sites is 1. The van der Waals surface area contributed by atoms with Gasteiger partial charge in [-0.2, -0.15) is 5.26 Å². The number of fused-ring (bicyclic) bond motifs is 3. The zero-order valence-electron chi connectivity index (χ0n) is 18.6. The average Bonchev–Trinajstić information content (AvgIpc) is 3.02. The van der Waals surface area contributed by atoms with E-state index in [1.807, 2.05) is 39.0 Å². The lowest BCUT2D eigenvalue weighted by atomic mass is 9.60. The maximum Gasteiger partial charge on any atom is 0.245 e. The summed E-state index contributed by atoms with van der Waals surface area (Å²) in [5.41, 5.74) is 8.45. The Hall–Kier alpha value is -3.56. The van der Waals surface area contributed by atoms with E-state index in [1.165, 1.54) is 0 Å².